The SMILES string of the molecule is N[C@@H]1[C@@H](O)[C@H](O)O[C@H](CO)[C@H]1O.N[C@@H]1[C@@H](O)[C@H](O)O[C@H](CO)[C@H]1O.O=S(=O)([O-])[O-].[Cl-].[Cl-].[Na+].[Na+]. The first-order valence-corrected chi connectivity index (χ1v) is 9.27. The molecule has 2 aliphatic rings. The number of hydrogen-bond donors (Lipinski definition) is 10. The molecule has 2 aliphatic heterocycles. The number of rotatable bonds is 2. The topological polar surface area (TPSA) is 313 Å². The van der Waals surface area contributed by atoms with E-state index >= 15 is 0 Å². The van der Waals surface area contributed by atoms with E-state index in [-0.39, 0.29) is 83.9 Å². The zero-order valence-electron chi connectivity index (χ0n) is 17.5. The number of nitrogens with two attached hydrogens (primary N) is 2. The summed E-state index contributed by atoms with van der Waals surface area (Å²) in [5.41, 5.74) is 10.7. The van der Waals surface area contributed by atoms with Gasteiger partial charge in [0.05, 0.1) is 25.3 Å². The zero-order chi connectivity index (χ0) is 23.1. The summed E-state index contributed by atoms with van der Waals surface area (Å²) in [6.45, 7) is -0.892. The van der Waals surface area contributed by atoms with Crippen LogP contribution in [0.2, 0.25) is 0 Å². The van der Waals surface area contributed by atoms with Gasteiger partial charge in [-0.1, -0.05) is 0 Å². The number of halogens is 2. The molecule has 0 aromatic heterocycles. The molecule has 21 heteroatoms. The van der Waals surface area contributed by atoms with Crippen LogP contribution in [0.4, 0.5) is 0 Å². The molecule has 2 heterocycles. The number of aliphatic hydroxyl groups excluding tert-OH is 8. The van der Waals surface area contributed by atoms with Gasteiger partial charge in [-0.25, -0.2) is 0 Å². The van der Waals surface area contributed by atoms with Crippen molar-refractivity contribution in [2.24, 2.45) is 11.5 Å². The minimum absolute atomic E-state index is 0. The molecule has 0 bridgehead atoms. The summed E-state index contributed by atoms with van der Waals surface area (Å²) in [5.74, 6) is 0. The van der Waals surface area contributed by atoms with E-state index in [1.54, 1.807) is 0 Å². The molecular formula is C12H26Cl2N2Na2O14S-2. The van der Waals surface area contributed by atoms with Crippen LogP contribution in [-0.2, 0) is 19.9 Å². The average Bonchev–Trinajstić information content (AvgIpc) is 2.63. The summed E-state index contributed by atoms with van der Waals surface area (Å²) >= 11 is 0. The fourth-order valence-corrected chi connectivity index (χ4v) is 2.26. The second-order valence-electron chi connectivity index (χ2n) is 6.02. The minimum atomic E-state index is -5.17. The van der Waals surface area contributed by atoms with Gasteiger partial charge in [0, 0.05) is 10.4 Å². The molecule has 2 fully saturated rings. The van der Waals surface area contributed by atoms with E-state index in [9.17, 15) is 10.2 Å². The summed E-state index contributed by atoms with van der Waals surface area (Å²) in [6.07, 6.45) is -9.70. The molecule has 0 unspecified atom stereocenters. The maximum absolute atomic E-state index is 9.24. The largest absolute Gasteiger partial charge is 1.00 e. The molecular weight excluding hydrogens is 545 g/mol. The zero-order valence-corrected chi connectivity index (χ0v) is 23.9. The first kappa shape index (κ1) is 44.9. The Morgan fingerprint density at radius 3 is 1.06 bits per heavy atom. The van der Waals surface area contributed by atoms with E-state index in [2.05, 4.69) is 9.47 Å². The third kappa shape index (κ3) is 16.4. The maximum atomic E-state index is 9.24. The summed E-state index contributed by atoms with van der Waals surface area (Å²) < 4.78 is 43.4. The maximum Gasteiger partial charge on any atom is 1.00 e. The van der Waals surface area contributed by atoms with E-state index in [4.69, 9.17) is 59.6 Å². The molecule has 192 valence electrons. The van der Waals surface area contributed by atoms with Gasteiger partial charge in [-0.2, -0.15) is 0 Å². The molecule has 2 saturated heterocycles. The van der Waals surface area contributed by atoms with Gasteiger partial charge in [0.1, 0.15) is 36.6 Å². The van der Waals surface area contributed by atoms with Crippen molar-refractivity contribution < 1.29 is 152 Å². The van der Waals surface area contributed by atoms with Crippen LogP contribution >= 0.6 is 0 Å². The van der Waals surface area contributed by atoms with Crippen molar-refractivity contribution in [1.29, 1.82) is 0 Å². The molecule has 0 amide bonds. The summed E-state index contributed by atoms with van der Waals surface area (Å²) in [6, 6.07) is -1.99. The molecule has 0 spiro atoms. The summed E-state index contributed by atoms with van der Waals surface area (Å²) in [5, 5.41) is 72.0. The predicted octanol–water partition coefficient (Wildman–Crippen LogP) is -19.8. The van der Waals surface area contributed by atoms with Gasteiger partial charge in [-0.3, -0.25) is 8.42 Å². The van der Waals surface area contributed by atoms with Gasteiger partial charge >= 0.3 is 59.1 Å². The van der Waals surface area contributed by atoms with Crippen LogP contribution in [0.15, 0.2) is 0 Å². The second-order valence-corrected chi connectivity index (χ2v) is 6.84. The quantitative estimate of drug-likeness (QED) is 0.0835. The summed E-state index contributed by atoms with van der Waals surface area (Å²) in [4.78, 5) is 0. The van der Waals surface area contributed by atoms with Crippen molar-refractivity contribution in [3.8, 4) is 0 Å². The average molecular weight is 571 g/mol. The van der Waals surface area contributed by atoms with Gasteiger partial charge in [0.25, 0.3) is 0 Å². The predicted molar refractivity (Wildman–Crippen MR) is 86.4 cm³/mol. The normalized spacial score (nSPS) is 37.6. The Kier molecular flexibility index (Phi) is 28.5. The van der Waals surface area contributed by atoms with Crippen molar-refractivity contribution in [2.45, 2.75) is 61.3 Å². The molecule has 2 rings (SSSR count). The van der Waals surface area contributed by atoms with Crippen LogP contribution in [0, 0.1) is 0 Å². The Bertz CT molecular complexity index is 537. The third-order valence-corrected chi connectivity index (χ3v) is 3.91. The van der Waals surface area contributed by atoms with Gasteiger partial charge in [-0.15, -0.1) is 0 Å². The van der Waals surface area contributed by atoms with Crippen molar-refractivity contribution in [1.82, 2.24) is 0 Å². The van der Waals surface area contributed by atoms with Gasteiger partial charge < -0.3 is 95.7 Å². The van der Waals surface area contributed by atoms with E-state index < -0.39 is 84.9 Å². The Balaban J connectivity index is -0.000000120. The van der Waals surface area contributed by atoms with E-state index in [0.29, 0.717) is 0 Å². The first-order valence-electron chi connectivity index (χ1n) is 7.94. The molecule has 0 aromatic rings. The minimum Gasteiger partial charge on any atom is -1.00 e. The molecule has 33 heavy (non-hydrogen) atoms. The molecule has 10 atom stereocenters. The summed E-state index contributed by atoms with van der Waals surface area (Å²) in [7, 11) is -5.17. The molecule has 0 saturated carbocycles. The van der Waals surface area contributed by atoms with E-state index in [1.165, 1.54) is 0 Å². The Morgan fingerprint density at radius 2 is 0.879 bits per heavy atom. The van der Waals surface area contributed by atoms with Crippen LogP contribution in [-0.4, -0.2) is 133 Å². The Labute approximate surface area is 246 Å². The van der Waals surface area contributed by atoms with Gasteiger partial charge in [-0.05, 0) is 0 Å². The monoisotopic (exact) mass is 570 g/mol. The smallest absolute Gasteiger partial charge is 1.00 e. The van der Waals surface area contributed by atoms with Crippen molar-refractivity contribution in [3.63, 3.8) is 0 Å². The molecule has 0 aromatic carbocycles. The van der Waals surface area contributed by atoms with Crippen molar-refractivity contribution in [3.05, 3.63) is 0 Å². The van der Waals surface area contributed by atoms with Crippen LogP contribution in [0.1, 0.15) is 0 Å². The second kappa shape index (κ2) is 21.0. The Morgan fingerprint density at radius 1 is 0.667 bits per heavy atom. The van der Waals surface area contributed by atoms with Crippen molar-refractivity contribution in [2.75, 3.05) is 13.2 Å². The fraction of sp³-hybridized carbons (Fsp3) is 1.00. The third-order valence-electron chi connectivity index (χ3n) is 3.91. The molecule has 12 N–H and O–H groups in total. The Hall–Kier alpha value is 1.97. The number of aliphatic hydroxyl groups is 8. The fourth-order valence-electron chi connectivity index (χ4n) is 2.26. The van der Waals surface area contributed by atoms with Gasteiger partial charge in [0.2, 0.25) is 0 Å². The standard InChI is InChI=1S/2C6H13NO5.2ClH.2Na.H2O4S/c2*7-3-4(9)2(1-8)12-6(11)5(3)10;;;;;1-5(2,3)4/h2*2-6,8-11H,1,7H2;2*1H;;;(H2,1,2,3,4)/q;;;;2*+1;/p-4/t2*2-,3+,4-,5-,6-;;;;;/m11...../s1. The first-order chi connectivity index (χ1) is 13.1. The molecule has 16 nitrogen and oxygen atoms in total. The molecule has 0 aliphatic carbocycles. The number of hydrogen-bond acceptors (Lipinski definition) is 16. The van der Waals surface area contributed by atoms with Crippen molar-refractivity contribution >= 4 is 10.4 Å². The van der Waals surface area contributed by atoms with E-state index in [1.807, 2.05) is 0 Å². The van der Waals surface area contributed by atoms with Crippen LogP contribution in [0.3, 0.4) is 0 Å². The van der Waals surface area contributed by atoms with E-state index in [0.717, 1.165) is 0 Å². The van der Waals surface area contributed by atoms with Crippen LogP contribution in [0.5, 0.6) is 0 Å². The van der Waals surface area contributed by atoms with Crippen LogP contribution in [0.25, 0.3) is 0 Å². The van der Waals surface area contributed by atoms with Crippen LogP contribution < -0.4 is 95.4 Å². The number of ether oxygens (including phenoxy) is 2. The van der Waals surface area contributed by atoms with Gasteiger partial charge in [0.15, 0.2) is 12.6 Å². The molecule has 0 radical (unpaired) electrons.